The first-order valence-electron chi connectivity index (χ1n) is 7.10. The smallest absolute Gasteiger partial charge is 0.191 e. The molecule has 0 aliphatic rings. The Morgan fingerprint density at radius 3 is 2.61 bits per heavy atom. The molecule has 0 radical (unpaired) electrons. The normalized spacial score (nSPS) is 10.9. The maximum Gasteiger partial charge on any atom is 0.191 e. The Bertz CT molecular complexity index is 779. The molecule has 2 aromatic heterocycles. The number of aliphatic hydroxyl groups is 1. The van der Waals surface area contributed by atoms with Crippen LogP contribution in [0, 0.1) is 0 Å². The molecule has 0 atom stereocenters. The first-order valence-corrected chi connectivity index (χ1v) is 8.46. The van der Waals surface area contributed by atoms with E-state index < -0.39 is 0 Å². The van der Waals surface area contributed by atoms with Gasteiger partial charge in [0, 0.05) is 35.3 Å². The van der Waals surface area contributed by atoms with Crippen LogP contribution in [0.4, 0.5) is 0 Å². The van der Waals surface area contributed by atoms with Crippen LogP contribution in [0.25, 0.3) is 11.4 Å². The number of aliphatic hydroxyl groups excluding tert-OH is 1. The van der Waals surface area contributed by atoms with Crippen LogP contribution in [0.3, 0.4) is 0 Å². The fourth-order valence-corrected chi connectivity index (χ4v) is 3.42. The zero-order chi connectivity index (χ0) is 16.1. The van der Waals surface area contributed by atoms with E-state index in [-0.39, 0.29) is 6.61 Å². The number of hydrogen-bond donors (Lipinski definition) is 1. The molecule has 0 aliphatic carbocycles. The minimum absolute atomic E-state index is 0.0236. The lowest BCUT2D eigenvalue weighted by molar-refractivity contribution is 0.272. The molecular weight excluding hydrogens is 332 g/mol. The molecule has 0 bridgehead atoms. The maximum absolute atomic E-state index is 9.34. The standard InChI is InChI=1S/C16H15ClN4OS/c17-14-4-2-1-3-13(14)11-23-16-20-19-15(21(16)9-10-22)12-5-7-18-8-6-12/h1-8,22H,9-11H2. The summed E-state index contributed by atoms with van der Waals surface area (Å²) >= 11 is 7.74. The molecule has 1 N–H and O–H groups in total. The second-order valence-electron chi connectivity index (χ2n) is 4.80. The van der Waals surface area contributed by atoms with Crippen molar-refractivity contribution in [3.05, 3.63) is 59.4 Å². The molecule has 2 heterocycles. The lowest BCUT2D eigenvalue weighted by atomic mass is 10.2. The lowest BCUT2D eigenvalue weighted by Crippen LogP contribution is -2.06. The van der Waals surface area contributed by atoms with E-state index in [9.17, 15) is 5.11 Å². The second-order valence-corrected chi connectivity index (χ2v) is 6.15. The van der Waals surface area contributed by atoms with Crippen molar-refractivity contribution in [2.45, 2.75) is 17.5 Å². The molecule has 0 saturated carbocycles. The van der Waals surface area contributed by atoms with E-state index in [2.05, 4.69) is 15.2 Å². The summed E-state index contributed by atoms with van der Waals surface area (Å²) in [4.78, 5) is 4.01. The van der Waals surface area contributed by atoms with E-state index in [1.807, 2.05) is 41.0 Å². The van der Waals surface area contributed by atoms with Gasteiger partial charge in [0.25, 0.3) is 0 Å². The third kappa shape index (κ3) is 3.72. The van der Waals surface area contributed by atoms with E-state index in [0.717, 1.165) is 27.1 Å². The van der Waals surface area contributed by atoms with E-state index in [4.69, 9.17) is 11.6 Å². The van der Waals surface area contributed by atoms with Crippen molar-refractivity contribution < 1.29 is 5.11 Å². The largest absolute Gasteiger partial charge is 0.395 e. The minimum Gasteiger partial charge on any atom is -0.395 e. The van der Waals surface area contributed by atoms with Crippen LogP contribution in [-0.4, -0.2) is 31.5 Å². The van der Waals surface area contributed by atoms with Crippen LogP contribution >= 0.6 is 23.4 Å². The molecule has 5 nitrogen and oxygen atoms in total. The van der Waals surface area contributed by atoms with Gasteiger partial charge < -0.3 is 5.11 Å². The number of hydrogen-bond acceptors (Lipinski definition) is 5. The predicted octanol–water partition coefficient (Wildman–Crippen LogP) is 3.28. The van der Waals surface area contributed by atoms with Crippen LogP contribution in [0.15, 0.2) is 53.9 Å². The third-order valence-corrected chi connectivity index (χ3v) is 4.68. The molecule has 1 aromatic carbocycles. The Balaban J connectivity index is 1.85. The van der Waals surface area contributed by atoms with Gasteiger partial charge in [-0.1, -0.05) is 41.6 Å². The molecule has 0 amide bonds. The van der Waals surface area contributed by atoms with Gasteiger partial charge in [-0.2, -0.15) is 0 Å². The summed E-state index contributed by atoms with van der Waals surface area (Å²) in [6.07, 6.45) is 3.42. The fourth-order valence-electron chi connectivity index (χ4n) is 2.17. The fraction of sp³-hybridized carbons (Fsp3) is 0.188. The lowest BCUT2D eigenvalue weighted by Gasteiger charge is -2.09. The van der Waals surface area contributed by atoms with Gasteiger partial charge in [0.15, 0.2) is 11.0 Å². The first-order chi connectivity index (χ1) is 11.3. The molecular formula is C16H15ClN4OS. The Morgan fingerprint density at radius 1 is 1.09 bits per heavy atom. The van der Waals surface area contributed by atoms with Crippen LogP contribution < -0.4 is 0 Å². The summed E-state index contributed by atoms with van der Waals surface area (Å²) in [5.74, 6) is 1.42. The highest BCUT2D eigenvalue weighted by atomic mass is 35.5. The maximum atomic E-state index is 9.34. The van der Waals surface area contributed by atoms with Gasteiger partial charge in [0.05, 0.1) is 6.61 Å². The van der Waals surface area contributed by atoms with E-state index >= 15 is 0 Å². The predicted molar refractivity (Wildman–Crippen MR) is 91.4 cm³/mol. The zero-order valence-corrected chi connectivity index (χ0v) is 13.8. The van der Waals surface area contributed by atoms with Gasteiger partial charge >= 0.3 is 0 Å². The van der Waals surface area contributed by atoms with Crippen molar-refractivity contribution in [1.29, 1.82) is 0 Å². The average molecular weight is 347 g/mol. The van der Waals surface area contributed by atoms with Crippen molar-refractivity contribution in [2.75, 3.05) is 6.61 Å². The molecule has 23 heavy (non-hydrogen) atoms. The molecule has 118 valence electrons. The molecule has 3 aromatic rings. The molecule has 0 unspecified atom stereocenters. The quantitative estimate of drug-likeness (QED) is 0.694. The summed E-state index contributed by atoms with van der Waals surface area (Å²) in [5.41, 5.74) is 1.97. The van der Waals surface area contributed by atoms with E-state index in [1.165, 1.54) is 0 Å². The van der Waals surface area contributed by atoms with Crippen molar-refractivity contribution >= 4 is 23.4 Å². The Kier molecular flexibility index (Phi) is 5.27. The minimum atomic E-state index is 0.0236. The number of aromatic nitrogens is 4. The highest BCUT2D eigenvalue weighted by Crippen LogP contribution is 2.28. The van der Waals surface area contributed by atoms with Crippen LogP contribution in [0.5, 0.6) is 0 Å². The molecule has 0 spiro atoms. The highest BCUT2D eigenvalue weighted by molar-refractivity contribution is 7.98. The van der Waals surface area contributed by atoms with Gasteiger partial charge in [-0.25, -0.2) is 0 Å². The van der Waals surface area contributed by atoms with Gasteiger partial charge in [0.2, 0.25) is 0 Å². The Morgan fingerprint density at radius 2 is 1.87 bits per heavy atom. The summed E-state index contributed by atoms with van der Waals surface area (Å²) in [7, 11) is 0. The van der Waals surface area contributed by atoms with Crippen LogP contribution in [0.1, 0.15) is 5.56 Å². The van der Waals surface area contributed by atoms with Crippen LogP contribution in [-0.2, 0) is 12.3 Å². The second kappa shape index (κ2) is 7.59. The number of benzene rings is 1. The average Bonchev–Trinajstić information content (AvgIpc) is 2.98. The molecule has 0 aliphatic heterocycles. The summed E-state index contributed by atoms with van der Waals surface area (Å²) in [5, 5.41) is 19.4. The topological polar surface area (TPSA) is 63.8 Å². The van der Waals surface area contributed by atoms with Crippen molar-refractivity contribution in [1.82, 2.24) is 19.7 Å². The van der Waals surface area contributed by atoms with E-state index in [1.54, 1.807) is 24.2 Å². The van der Waals surface area contributed by atoms with Crippen molar-refractivity contribution in [2.24, 2.45) is 0 Å². The molecule has 0 saturated heterocycles. The summed E-state index contributed by atoms with van der Waals surface area (Å²) in [6, 6.07) is 11.5. The van der Waals surface area contributed by atoms with Gasteiger partial charge in [-0.05, 0) is 23.8 Å². The molecule has 3 rings (SSSR count). The number of nitrogens with zero attached hydrogens (tertiary/aromatic N) is 4. The molecule has 7 heteroatoms. The Labute approximate surface area is 143 Å². The SMILES string of the molecule is OCCn1c(SCc2ccccc2Cl)nnc1-c1ccncc1. The number of rotatable bonds is 6. The van der Waals surface area contributed by atoms with Gasteiger partial charge in [-0.15, -0.1) is 10.2 Å². The van der Waals surface area contributed by atoms with Gasteiger partial charge in [-0.3, -0.25) is 9.55 Å². The van der Waals surface area contributed by atoms with Gasteiger partial charge in [0.1, 0.15) is 0 Å². The van der Waals surface area contributed by atoms with Crippen molar-refractivity contribution in [3.63, 3.8) is 0 Å². The third-order valence-electron chi connectivity index (χ3n) is 3.29. The number of thioether (sulfide) groups is 1. The number of halogens is 1. The summed E-state index contributed by atoms with van der Waals surface area (Å²) < 4.78 is 1.91. The first kappa shape index (κ1) is 16.0. The zero-order valence-electron chi connectivity index (χ0n) is 12.3. The van der Waals surface area contributed by atoms with Crippen molar-refractivity contribution in [3.8, 4) is 11.4 Å². The highest BCUT2D eigenvalue weighted by Gasteiger charge is 2.14. The monoisotopic (exact) mass is 346 g/mol. The van der Waals surface area contributed by atoms with Crippen LogP contribution in [0.2, 0.25) is 5.02 Å². The summed E-state index contributed by atoms with van der Waals surface area (Å²) in [6.45, 7) is 0.464. The van der Waals surface area contributed by atoms with E-state index in [0.29, 0.717) is 12.3 Å². The number of pyridine rings is 1. The molecule has 0 fully saturated rings. The Hall–Kier alpha value is -1.89.